The van der Waals surface area contributed by atoms with E-state index in [-0.39, 0.29) is 12.2 Å². The predicted molar refractivity (Wildman–Crippen MR) is 133 cm³/mol. The highest BCUT2D eigenvalue weighted by Crippen LogP contribution is 2.39. The van der Waals surface area contributed by atoms with Gasteiger partial charge in [0.05, 0.1) is 27.4 Å². The molecular formula is C28H38N2O4. The molecule has 0 bridgehead atoms. The lowest BCUT2D eigenvalue weighted by molar-refractivity contribution is 0.0181. The first-order valence-corrected chi connectivity index (χ1v) is 12.8. The van der Waals surface area contributed by atoms with Gasteiger partial charge in [0.25, 0.3) is 0 Å². The van der Waals surface area contributed by atoms with Crippen molar-refractivity contribution in [2.24, 2.45) is 0 Å². The topological polar surface area (TPSA) is 61.0 Å². The molecule has 0 amide bonds. The van der Waals surface area contributed by atoms with Crippen LogP contribution in [0, 0.1) is 0 Å². The second-order valence-electron chi connectivity index (χ2n) is 9.55. The first-order valence-electron chi connectivity index (χ1n) is 12.8. The predicted octanol–water partition coefficient (Wildman–Crippen LogP) is 4.12. The standard InChI is InChI=1S/2C14H19NO2/c2*1-16-12-6-2-4-10-7-9-17-14(13(10)12)11-5-3-8-15-11/h2*2,4,6,11,14-15H,3,5,7-9H2,1H3/t11-,14+;11-,14-/m00/s1. The molecule has 4 atom stereocenters. The molecule has 0 aromatic heterocycles. The van der Waals surface area contributed by atoms with Gasteiger partial charge in [-0.1, -0.05) is 24.3 Å². The van der Waals surface area contributed by atoms with Crippen molar-refractivity contribution in [2.45, 2.75) is 62.8 Å². The van der Waals surface area contributed by atoms with Crippen LogP contribution in [-0.2, 0) is 22.3 Å². The molecule has 4 aliphatic heterocycles. The van der Waals surface area contributed by atoms with E-state index in [0.29, 0.717) is 12.1 Å². The van der Waals surface area contributed by atoms with Crippen molar-refractivity contribution in [3.8, 4) is 11.5 Å². The second-order valence-corrected chi connectivity index (χ2v) is 9.55. The number of hydrogen-bond acceptors (Lipinski definition) is 6. The Bertz CT molecular complexity index is 847. The number of methoxy groups -OCH3 is 2. The molecule has 2 fully saturated rings. The summed E-state index contributed by atoms with van der Waals surface area (Å²) in [5, 5.41) is 7.08. The number of nitrogens with one attached hydrogen (secondary N) is 2. The third-order valence-electron chi connectivity index (χ3n) is 7.59. The van der Waals surface area contributed by atoms with Crippen molar-refractivity contribution >= 4 is 0 Å². The third kappa shape index (κ3) is 4.82. The zero-order valence-electron chi connectivity index (χ0n) is 20.5. The molecule has 2 saturated heterocycles. The summed E-state index contributed by atoms with van der Waals surface area (Å²) >= 11 is 0. The van der Waals surface area contributed by atoms with E-state index in [2.05, 4.69) is 34.9 Å². The number of hydrogen-bond donors (Lipinski definition) is 2. The van der Waals surface area contributed by atoms with Gasteiger partial charge in [0, 0.05) is 23.2 Å². The zero-order valence-corrected chi connectivity index (χ0v) is 20.5. The lowest BCUT2D eigenvalue weighted by Gasteiger charge is -2.31. The van der Waals surface area contributed by atoms with E-state index in [0.717, 1.165) is 50.6 Å². The van der Waals surface area contributed by atoms with Crippen LogP contribution in [0.2, 0.25) is 0 Å². The Labute approximate surface area is 203 Å². The first-order chi connectivity index (χ1) is 16.8. The van der Waals surface area contributed by atoms with Crippen LogP contribution in [0.25, 0.3) is 0 Å². The van der Waals surface area contributed by atoms with Crippen molar-refractivity contribution in [1.29, 1.82) is 0 Å². The van der Waals surface area contributed by atoms with Crippen LogP contribution in [0.1, 0.15) is 60.1 Å². The molecule has 4 heterocycles. The summed E-state index contributed by atoms with van der Waals surface area (Å²) in [6.07, 6.45) is 7.20. The van der Waals surface area contributed by atoms with Crippen molar-refractivity contribution in [3.63, 3.8) is 0 Å². The summed E-state index contributed by atoms with van der Waals surface area (Å²) in [4.78, 5) is 0. The molecule has 6 rings (SSSR count). The third-order valence-corrected chi connectivity index (χ3v) is 7.59. The molecule has 2 N–H and O–H groups in total. The molecule has 4 aliphatic rings. The molecule has 6 nitrogen and oxygen atoms in total. The van der Waals surface area contributed by atoms with E-state index < -0.39 is 0 Å². The Morgan fingerprint density at radius 3 is 1.56 bits per heavy atom. The van der Waals surface area contributed by atoms with E-state index in [9.17, 15) is 0 Å². The Hall–Kier alpha value is -2.12. The van der Waals surface area contributed by atoms with Gasteiger partial charge in [0.15, 0.2) is 0 Å². The summed E-state index contributed by atoms with van der Waals surface area (Å²) in [6, 6.07) is 13.5. The quantitative estimate of drug-likeness (QED) is 0.707. The highest BCUT2D eigenvalue weighted by Gasteiger charge is 2.34. The monoisotopic (exact) mass is 466 g/mol. The van der Waals surface area contributed by atoms with Crippen LogP contribution in [0.4, 0.5) is 0 Å². The highest BCUT2D eigenvalue weighted by atomic mass is 16.5. The van der Waals surface area contributed by atoms with E-state index in [4.69, 9.17) is 18.9 Å². The van der Waals surface area contributed by atoms with Gasteiger partial charge in [-0.15, -0.1) is 0 Å². The maximum Gasteiger partial charge on any atom is 0.125 e. The van der Waals surface area contributed by atoms with Crippen LogP contribution < -0.4 is 20.1 Å². The molecule has 2 aromatic rings. The fourth-order valence-electron chi connectivity index (χ4n) is 5.95. The van der Waals surface area contributed by atoms with Gasteiger partial charge in [0.2, 0.25) is 0 Å². The van der Waals surface area contributed by atoms with E-state index in [1.807, 2.05) is 12.1 Å². The average molecular weight is 467 g/mol. The maximum absolute atomic E-state index is 5.99. The molecule has 0 unspecified atom stereocenters. The lowest BCUT2D eigenvalue weighted by atomic mass is 9.91. The lowest BCUT2D eigenvalue weighted by Crippen LogP contribution is -2.34. The first kappa shape index (κ1) is 23.6. The summed E-state index contributed by atoms with van der Waals surface area (Å²) in [7, 11) is 3.48. The van der Waals surface area contributed by atoms with Gasteiger partial charge in [-0.05, 0) is 74.9 Å². The molecule has 0 aliphatic carbocycles. The fraction of sp³-hybridized carbons (Fsp3) is 0.571. The van der Waals surface area contributed by atoms with Crippen LogP contribution in [0.3, 0.4) is 0 Å². The van der Waals surface area contributed by atoms with Gasteiger partial charge in [-0.3, -0.25) is 0 Å². The molecule has 0 spiro atoms. The van der Waals surface area contributed by atoms with Gasteiger partial charge in [-0.25, -0.2) is 0 Å². The minimum atomic E-state index is 0.164. The van der Waals surface area contributed by atoms with Crippen LogP contribution in [0.5, 0.6) is 11.5 Å². The second kappa shape index (κ2) is 11.1. The van der Waals surface area contributed by atoms with Gasteiger partial charge < -0.3 is 29.6 Å². The number of rotatable bonds is 4. The van der Waals surface area contributed by atoms with E-state index >= 15 is 0 Å². The highest BCUT2D eigenvalue weighted by molar-refractivity contribution is 5.45. The number of benzene rings is 2. The smallest absolute Gasteiger partial charge is 0.125 e. The Morgan fingerprint density at radius 2 is 1.18 bits per heavy atom. The van der Waals surface area contributed by atoms with E-state index in [1.165, 1.54) is 47.9 Å². The Balaban J connectivity index is 0.000000142. The summed E-state index contributed by atoms with van der Waals surface area (Å²) in [6.45, 7) is 3.86. The Kier molecular flexibility index (Phi) is 7.70. The molecule has 34 heavy (non-hydrogen) atoms. The van der Waals surface area contributed by atoms with Gasteiger partial charge >= 0.3 is 0 Å². The average Bonchev–Trinajstić information content (AvgIpc) is 3.62. The zero-order chi connectivity index (χ0) is 23.3. The molecule has 184 valence electrons. The molecule has 0 saturated carbocycles. The fourth-order valence-corrected chi connectivity index (χ4v) is 5.95. The minimum Gasteiger partial charge on any atom is -0.496 e. The molecule has 6 heteroatoms. The normalized spacial score (nSPS) is 27.8. The summed E-state index contributed by atoms with van der Waals surface area (Å²) in [5.74, 6) is 1.95. The Morgan fingerprint density at radius 1 is 0.706 bits per heavy atom. The van der Waals surface area contributed by atoms with Crippen molar-refractivity contribution in [2.75, 3.05) is 40.5 Å². The number of fused-ring (bicyclic) bond motifs is 2. The summed E-state index contributed by atoms with van der Waals surface area (Å²) < 4.78 is 23.0. The minimum absolute atomic E-state index is 0.164. The van der Waals surface area contributed by atoms with Crippen LogP contribution >= 0.6 is 0 Å². The van der Waals surface area contributed by atoms with Crippen molar-refractivity contribution < 1.29 is 18.9 Å². The van der Waals surface area contributed by atoms with Gasteiger partial charge in [-0.2, -0.15) is 0 Å². The largest absolute Gasteiger partial charge is 0.496 e. The van der Waals surface area contributed by atoms with Crippen molar-refractivity contribution in [1.82, 2.24) is 10.6 Å². The number of ether oxygens (including phenoxy) is 4. The maximum atomic E-state index is 5.99. The van der Waals surface area contributed by atoms with Crippen LogP contribution in [0.15, 0.2) is 36.4 Å². The van der Waals surface area contributed by atoms with Gasteiger partial charge in [0.1, 0.15) is 23.7 Å². The summed E-state index contributed by atoms with van der Waals surface area (Å²) in [5.41, 5.74) is 5.30. The molecular weight excluding hydrogens is 428 g/mol. The van der Waals surface area contributed by atoms with E-state index in [1.54, 1.807) is 14.2 Å². The SMILES string of the molecule is COc1cccc2c1[C@@H]([C@@H]1CCCN1)OCC2.COc1cccc2c1[C@H]([C@@H]1CCCN1)OCC2. The van der Waals surface area contributed by atoms with Crippen molar-refractivity contribution in [3.05, 3.63) is 58.7 Å². The molecule has 0 radical (unpaired) electrons. The van der Waals surface area contributed by atoms with Crippen LogP contribution in [-0.4, -0.2) is 52.6 Å². The molecule has 2 aromatic carbocycles.